The summed E-state index contributed by atoms with van der Waals surface area (Å²) < 4.78 is 25.1. The summed E-state index contributed by atoms with van der Waals surface area (Å²) in [5.41, 5.74) is 1.71. The first-order valence-corrected chi connectivity index (χ1v) is 19.0. The number of ether oxygens (including phenoxy) is 4. The molecule has 0 radical (unpaired) electrons. The fourth-order valence-electron chi connectivity index (χ4n) is 6.53. The van der Waals surface area contributed by atoms with Crippen LogP contribution < -0.4 is 10.6 Å². The van der Waals surface area contributed by atoms with Gasteiger partial charge in [0, 0.05) is 62.7 Å². The van der Waals surface area contributed by atoms with Gasteiger partial charge in [-0.1, -0.05) is 78.9 Å². The highest BCUT2D eigenvalue weighted by atomic mass is 16.8. The Bertz CT molecular complexity index is 1920. The Morgan fingerprint density at radius 1 is 0.912 bits per heavy atom. The van der Waals surface area contributed by atoms with Gasteiger partial charge >= 0.3 is 11.9 Å². The van der Waals surface area contributed by atoms with Crippen molar-refractivity contribution in [2.75, 3.05) is 27.2 Å². The summed E-state index contributed by atoms with van der Waals surface area (Å²) in [6.45, 7) is 4.86. The lowest BCUT2D eigenvalue weighted by Crippen LogP contribution is -2.44. The van der Waals surface area contributed by atoms with Crippen molar-refractivity contribution >= 4 is 35.7 Å². The number of nitrogens with one attached hydrogen (secondary N) is 2. The van der Waals surface area contributed by atoms with Crippen LogP contribution in [0.4, 0.5) is 0 Å². The Morgan fingerprint density at radius 2 is 1.54 bits per heavy atom. The number of benzene rings is 3. The molecule has 1 fully saturated rings. The van der Waals surface area contributed by atoms with Gasteiger partial charge in [0.15, 0.2) is 0 Å². The Hall–Kier alpha value is -5.63. The van der Waals surface area contributed by atoms with Crippen molar-refractivity contribution < 1.29 is 48.0 Å². The first-order chi connectivity index (χ1) is 27.2. The van der Waals surface area contributed by atoms with Crippen LogP contribution in [0.3, 0.4) is 0 Å². The zero-order chi connectivity index (χ0) is 41.2. The summed E-state index contributed by atoms with van der Waals surface area (Å²) in [5, 5.41) is 15.3. The third-order valence-corrected chi connectivity index (χ3v) is 9.31. The second kappa shape index (κ2) is 19.0. The Kier molecular flexibility index (Phi) is 14.2. The van der Waals surface area contributed by atoms with Gasteiger partial charge in [-0.3, -0.25) is 19.2 Å². The molecule has 13 heteroatoms. The molecule has 5 rings (SSSR count). The summed E-state index contributed by atoms with van der Waals surface area (Å²) in [7, 11) is 3.25. The van der Waals surface area contributed by atoms with E-state index in [1.807, 2.05) is 60.7 Å². The number of nitrogens with zero attached hydrogens (tertiary/aromatic N) is 1. The molecule has 0 saturated carbocycles. The monoisotopic (exact) mass is 781 g/mol. The standard InChI is InChI=1S/C44H51N3O10/c1-43(2,3)56-39(51)23-21-33(28-48)46-37(49)24-25-45-41(52)30-26-35(54-42(53)34-19-13-12-14-29(34)20-22-38(50)47(4)5)40-36(27-30)55-44(57-40,31-15-8-6-9-16-31)32-17-10-7-11-18-32/h6-20,22,27,33,35-36,40,48H,21,23-26,28H2,1-5H3,(H,45,52)(H,46,49). The van der Waals surface area contributed by atoms with Crippen LogP contribution in [0.1, 0.15) is 73.5 Å². The summed E-state index contributed by atoms with van der Waals surface area (Å²) in [6.07, 6.45) is 2.01. The number of fused-ring (bicyclic) bond motifs is 1. The molecule has 1 heterocycles. The average molecular weight is 782 g/mol. The second-order valence-electron chi connectivity index (χ2n) is 15.1. The van der Waals surface area contributed by atoms with E-state index < -0.39 is 59.5 Å². The molecule has 1 aliphatic carbocycles. The van der Waals surface area contributed by atoms with Crippen LogP contribution in [-0.2, 0) is 43.9 Å². The zero-order valence-corrected chi connectivity index (χ0v) is 32.9. The number of carbonyl (C=O) groups excluding carboxylic acids is 5. The third kappa shape index (κ3) is 11.2. The van der Waals surface area contributed by atoms with Gasteiger partial charge in [0.25, 0.3) is 0 Å². The van der Waals surface area contributed by atoms with Crippen molar-refractivity contribution in [1.29, 1.82) is 0 Å². The van der Waals surface area contributed by atoms with Gasteiger partial charge in [0.05, 0.1) is 18.2 Å². The summed E-state index contributed by atoms with van der Waals surface area (Å²) >= 11 is 0. The number of aliphatic hydroxyl groups excluding tert-OH is 1. The number of aliphatic hydroxyl groups is 1. The number of hydrogen-bond donors (Lipinski definition) is 3. The number of carbonyl (C=O) groups is 5. The quantitative estimate of drug-likeness (QED) is 0.148. The highest BCUT2D eigenvalue weighted by molar-refractivity contribution is 5.97. The minimum atomic E-state index is -1.40. The number of amides is 3. The molecule has 1 saturated heterocycles. The lowest BCUT2D eigenvalue weighted by atomic mass is 9.91. The van der Waals surface area contributed by atoms with Crippen molar-refractivity contribution in [3.63, 3.8) is 0 Å². The maximum Gasteiger partial charge on any atom is 0.339 e. The molecule has 0 bridgehead atoms. The molecule has 0 aromatic heterocycles. The van der Waals surface area contributed by atoms with Crippen molar-refractivity contribution in [1.82, 2.24) is 15.5 Å². The highest BCUT2D eigenvalue weighted by Crippen LogP contribution is 2.47. The molecule has 3 N–H and O–H groups in total. The minimum absolute atomic E-state index is 0.0155. The molecule has 2 aliphatic rings. The van der Waals surface area contributed by atoms with Gasteiger partial charge in [0.2, 0.25) is 23.5 Å². The van der Waals surface area contributed by atoms with Crippen LogP contribution in [0.2, 0.25) is 0 Å². The molecule has 3 aromatic carbocycles. The summed E-state index contributed by atoms with van der Waals surface area (Å²) in [6, 6.07) is 24.8. The summed E-state index contributed by atoms with van der Waals surface area (Å²) in [4.78, 5) is 66.2. The molecule has 57 heavy (non-hydrogen) atoms. The highest BCUT2D eigenvalue weighted by Gasteiger charge is 2.55. The van der Waals surface area contributed by atoms with Gasteiger partial charge in [-0.05, 0) is 51.0 Å². The lowest BCUT2D eigenvalue weighted by Gasteiger charge is -2.31. The molecule has 302 valence electrons. The van der Waals surface area contributed by atoms with E-state index in [1.54, 1.807) is 71.3 Å². The largest absolute Gasteiger partial charge is 0.460 e. The van der Waals surface area contributed by atoms with E-state index in [0.717, 1.165) is 0 Å². The molecule has 13 nitrogen and oxygen atoms in total. The molecule has 4 unspecified atom stereocenters. The van der Waals surface area contributed by atoms with E-state index in [9.17, 15) is 29.1 Å². The van der Waals surface area contributed by atoms with Crippen LogP contribution in [-0.4, -0.2) is 96.9 Å². The Balaban J connectivity index is 1.34. The van der Waals surface area contributed by atoms with E-state index in [1.165, 1.54) is 11.0 Å². The number of esters is 2. The molecule has 0 spiro atoms. The SMILES string of the molecule is CN(C)C(=O)C=Cc1ccccc1C(=O)OC1CC(C(=O)NCCC(=O)NC(CO)CCC(=O)OC(C)(C)C)=CC2OC(c3ccccc3)(c3ccccc3)OC21. The van der Waals surface area contributed by atoms with Gasteiger partial charge in [-0.2, -0.15) is 0 Å². The van der Waals surface area contributed by atoms with E-state index in [0.29, 0.717) is 16.7 Å². The van der Waals surface area contributed by atoms with E-state index in [2.05, 4.69) is 10.6 Å². The normalized spacial score (nSPS) is 19.1. The number of hydrogen-bond acceptors (Lipinski definition) is 10. The van der Waals surface area contributed by atoms with E-state index in [4.69, 9.17) is 18.9 Å². The Labute approximate surface area is 333 Å². The topological polar surface area (TPSA) is 170 Å². The van der Waals surface area contributed by atoms with E-state index >= 15 is 0 Å². The van der Waals surface area contributed by atoms with Crippen LogP contribution >= 0.6 is 0 Å². The second-order valence-corrected chi connectivity index (χ2v) is 15.1. The summed E-state index contributed by atoms with van der Waals surface area (Å²) in [5.74, 6) is -3.69. The van der Waals surface area contributed by atoms with Crippen LogP contribution in [0.15, 0.2) is 103 Å². The first kappa shape index (κ1) is 42.5. The first-order valence-electron chi connectivity index (χ1n) is 19.0. The number of likely N-dealkylation sites (N-methyl/N-ethyl adjacent to an activating group) is 1. The third-order valence-electron chi connectivity index (χ3n) is 9.31. The predicted molar refractivity (Wildman–Crippen MR) is 211 cm³/mol. The smallest absolute Gasteiger partial charge is 0.339 e. The fourth-order valence-corrected chi connectivity index (χ4v) is 6.53. The van der Waals surface area contributed by atoms with Crippen molar-refractivity contribution in [2.45, 2.75) is 82.2 Å². The van der Waals surface area contributed by atoms with Gasteiger partial charge < -0.3 is 39.6 Å². The van der Waals surface area contributed by atoms with Crippen molar-refractivity contribution in [3.8, 4) is 0 Å². The fraction of sp³-hybridized carbons (Fsp3) is 0.386. The molecule has 1 aliphatic heterocycles. The molecule has 3 amide bonds. The van der Waals surface area contributed by atoms with Crippen molar-refractivity contribution in [3.05, 3.63) is 125 Å². The number of rotatable bonds is 15. The predicted octanol–water partition coefficient (Wildman–Crippen LogP) is 4.43. The average Bonchev–Trinajstić information content (AvgIpc) is 3.60. The molecule has 3 aromatic rings. The maximum absolute atomic E-state index is 13.9. The Morgan fingerprint density at radius 3 is 2.16 bits per heavy atom. The van der Waals surface area contributed by atoms with Crippen LogP contribution in [0, 0.1) is 0 Å². The lowest BCUT2D eigenvalue weighted by molar-refractivity contribution is -0.157. The minimum Gasteiger partial charge on any atom is -0.460 e. The van der Waals surface area contributed by atoms with Crippen molar-refractivity contribution in [2.24, 2.45) is 0 Å². The van der Waals surface area contributed by atoms with Gasteiger partial charge in [0.1, 0.15) is 23.9 Å². The van der Waals surface area contributed by atoms with Crippen LogP contribution in [0.25, 0.3) is 6.08 Å². The van der Waals surface area contributed by atoms with E-state index in [-0.39, 0.29) is 55.9 Å². The van der Waals surface area contributed by atoms with Gasteiger partial charge in [-0.15, -0.1) is 0 Å². The molecular formula is C44H51N3O10. The van der Waals surface area contributed by atoms with Crippen LogP contribution in [0.5, 0.6) is 0 Å². The maximum atomic E-state index is 13.9. The molecule has 4 atom stereocenters. The zero-order valence-electron chi connectivity index (χ0n) is 32.9. The molecular weight excluding hydrogens is 730 g/mol. The van der Waals surface area contributed by atoms with Gasteiger partial charge in [-0.25, -0.2) is 4.79 Å².